The Labute approximate surface area is 113 Å². The van der Waals surface area contributed by atoms with Gasteiger partial charge in [0.1, 0.15) is 4.60 Å². The van der Waals surface area contributed by atoms with Crippen LogP contribution in [0.25, 0.3) is 5.69 Å². The number of hydrogen-bond acceptors (Lipinski definition) is 2. The third-order valence-electron chi connectivity index (χ3n) is 2.58. The molecule has 0 spiro atoms. The Morgan fingerprint density at radius 2 is 2.28 bits per heavy atom. The maximum atomic E-state index is 10.5. The van der Waals surface area contributed by atoms with Gasteiger partial charge in [-0.25, -0.2) is 9.48 Å². The molecule has 0 saturated heterocycles. The second-order valence-electron chi connectivity index (χ2n) is 3.85. The molecule has 5 nitrogen and oxygen atoms in total. The Morgan fingerprint density at radius 3 is 2.89 bits per heavy atom. The maximum Gasteiger partial charge on any atom is 0.404 e. The van der Waals surface area contributed by atoms with Crippen molar-refractivity contribution in [3.05, 3.63) is 46.2 Å². The normalized spacial score (nSPS) is 10.3. The molecule has 18 heavy (non-hydrogen) atoms. The number of halogens is 1. The van der Waals surface area contributed by atoms with Crippen molar-refractivity contribution in [2.75, 3.05) is 0 Å². The van der Waals surface area contributed by atoms with Crippen LogP contribution in [0.15, 0.2) is 35.1 Å². The van der Waals surface area contributed by atoms with Crippen LogP contribution in [-0.2, 0) is 6.54 Å². The third-order valence-corrected chi connectivity index (χ3v) is 3.01. The van der Waals surface area contributed by atoms with Crippen LogP contribution in [0.2, 0.25) is 0 Å². The number of nitrogens with one attached hydrogen (secondary N) is 1. The zero-order valence-corrected chi connectivity index (χ0v) is 11.3. The molecule has 0 aliphatic rings. The van der Waals surface area contributed by atoms with E-state index in [9.17, 15) is 4.79 Å². The van der Waals surface area contributed by atoms with E-state index >= 15 is 0 Å². The lowest BCUT2D eigenvalue weighted by Crippen LogP contribution is -2.20. The molecule has 2 aromatic rings. The summed E-state index contributed by atoms with van der Waals surface area (Å²) < 4.78 is 2.49. The highest BCUT2D eigenvalue weighted by Crippen LogP contribution is 2.16. The second-order valence-corrected chi connectivity index (χ2v) is 4.67. The summed E-state index contributed by atoms with van der Waals surface area (Å²) in [6.07, 6.45) is 0.810. The molecular formula is C12H12BrN3O2. The van der Waals surface area contributed by atoms with E-state index in [-0.39, 0.29) is 6.54 Å². The van der Waals surface area contributed by atoms with E-state index in [4.69, 9.17) is 5.11 Å². The van der Waals surface area contributed by atoms with Crippen molar-refractivity contribution in [3.8, 4) is 5.69 Å². The van der Waals surface area contributed by atoms with Crippen LogP contribution in [0.4, 0.5) is 4.79 Å². The fraction of sp³-hybridized carbons (Fsp3) is 0.167. The van der Waals surface area contributed by atoms with Crippen molar-refractivity contribution in [3.63, 3.8) is 0 Å². The molecule has 0 bridgehead atoms. The van der Waals surface area contributed by atoms with Gasteiger partial charge in [0.05, 0.1) is 5.69 Å². The first-order chi connectivity index (χ1) is 8.56. The molecular weight excluding hydrogens is 298 g/mol. The summed E-state index contributed by atoms with van der Waals surface area (Å²) in [5.74, 6) is 0. The Hall–Kier alpha value is -1.82. The monoisotopic (exact) mass is 309 g/mol. The van der Waals surface area contributed by atoms with Crippen LogP contribution < -0.4 is 5.32 Å². The number of nitrogens with zero attached hydrogens (tertiary/aromatic N) is 2. The smallest absolute Gasteiger partial charge is 0.404 e. The molecule has 1 amide bonds. The molecule has 2 rings (SSSR count). The summed E-state index contributed by atoms with van der Waals surface area (Å²) in [6.45, 7) is 2.24. The molecule has 0 atom stereocenters. The molecule has 0 radical (unpaired) electrons. The van der Waals surface area contributed by atoms with Crippen LogP contribution in [0.3, 0.4) is 0 Å². The average molecular weight is 310 g/mol. The minimum absolute atomic E-state index is 0.289. The predicted octanol–water partition coefficient (Wildman–Crippen LogP) is 2.71. The van der Waals surface area contributed by atoms with Gasteiger partial charge in [0.2, 0.25) is 0 Å². The number of carbonyl (C=O) groups is 1. The van der Waals surface area contributed by atoms with Crippen LogP contribution in [0, 0.1) is 6.92 Å². The van der Waals surface area contributed by atoms with E-state index in [1.807, 2.05) is 37.4 Å². The molecule has 0 aliphatic carbocycles. The van der Waals surface area contributed by atoms with Crippen molar-refractivity contribution < 1.29 is 9.90 Å². The fourth-order valence-corrected chi connectivity index (χ4v) is 1.90. The van der Waals surface area contributed by atoms with Crippen molar-refractivity contribution in [1.82, 2.24) is 15.1 Å². The third kappa shape index (κ3) is 2.89. The number of hydrogen-bond donors (Lipinski definition) is 2. The Kier molecular flexibility index (Phi) is 3.66. The van der Waals surface area contributed by atoms with E-state index in [2.05, 4.69) is 26.3 Å². The number of aryl methyl sites for hydroxylation is 1. The average Bonchev–Trinajstić information content (AvgIpc) is 2.74. The summed E-state index contributed by atoms with van der Waals surface area (Å²) in [5.41, 5.74) is 2.87. The first-order valence-electron chi connectivity index (χ1n) is 5.34. The van der Waals surface area contributed by atoms with Crippen molar-refractivity contribution in [2.45, 2.75) is 13.5 Å². The summed E-state index contributed by atoms with van der Waals surface area (Å²) in [7, 11) is 0. The Balaban J connectivity index is 2.28. The molecule has 1 aromatic heterocycles. The molecule has 1 aromatic carbocycles. The molecule has 1 heterocycles. The Morgan fingerprint density at radius 1 is 1.50 bits per heavy atom. The molecule has 0 aliphatic heterocycles. The van der Waals surface area contributed by atoms with Gasteiger partial charge in [0, 0.05) is 12.7 Å². The number of benzene rings is 1. The highest BCUT2D eigenvalue weighted by molar-refractivity contribution is 9.10. The van der Waals surface area contributed by atoms with Gasteiger partial charge >= 0.3 is 6.09 Å². The van der Waals surface area contributed by atoms with Gasteiger partial charge in [-0.2, -0.15) is 5.10 Å². The van der Waals surface area contributed by atoms with E-state index in [0.29, 0.717) is 0 Å². The lowest BCUT2D eigenvalue weighted by Gasteiger charge is -2.09. The first kappa shape index (κ1) is 12.6. The van der Waals surface area contributed by atoms with Crippen LogP contribution >= 0.6 is 15.9 Å². The molecule has 0 fully saturated rings. The number of amides is 1. The summed E-state index contributed by atoms with van der Waals surface area (Å²) in [5, 5.41) is 15.2. The largest absolute Gasteiger partial charge is 0.465 e. The standard InChI is InChI=1S/C12H12BrN3O2/c1-8-2-3-10(16-5-4-11(13)15-16)6-9(8)7-14-12(17)18/h2-6,14H,7H2,1H3,(H,17,18). The maximum absolute atomic E-state index is 10.5. The zero-order valence-electron chi connectivity index (χ0n) is 9.72. The van der Waals surface area contributed by atoms with Gasteiger partial charge < -0.3 is 10.4 Å². The minimum atomic E-state index is -1.03. The zero-order chi connectivity index (χ0) is 13.1. The van der Waals surface area contributed by atoms with Crippen LogP contribution in [0.5, 0.6) is 0 Å². The molecule has 6 heteroatoms. The SMILES string of the molecule is Cc1ccc(-n2ccc(Br)n2)cc1CNC(=O)O. The lowest BCUT2D eigenvalue weighted by molar-refractivity contribution is 0.194. The molecule has 94 valence electrons. The molecule has 0 unspecified atom stereocenters. The Bertz CT molecular complexity index is 580. The van der Waals surface area contributed by atoms with Gasteiger partial charge in [0.25, 0.3) is 0 Å². The van der Waals surface area contributed by atoms with Gasteiger partial charge in [0.15, 0.2) is 0 Å². The predicted molar refractivity (Wildman–Crippen MR) is 70.9 cm³/mol. The van der Waals surface area contributed by atoms with E-state index in [1.54, 1.807) is 4.68 Å². The quantitative estimate of drug-likeness (QED) is 0.916. The minimum Gasteiger partial charge on any atom is -0.465 e. The second kappa shape index (κ2) is 5.22. The first-order valence-corrected chi connectivity index (χ1v) is 6.13. The number of rotatable bonds is 3. The van der Waals surface area contributed by atoms with E-state index in [1.165, 1.54) is 0 Å². The van der Waals surface area contributed by atoms with Crippen molar-refractivity contribution in [1.29, 1.82) is 0 Å². The lowest BCUT2D eigenvalue weighted by atomic mass is 10.1. The van der Waals surface area contributed by atoms with Crippen LogP contribution in [0.1, 0.15) is 11.1 Å². The summed E-state index contributed by atoms with van der Waals surface area (Å²) in [6, 6.07) is 7.66. The van der Waals surface area contributed by atoms with Gasteiger partial charge in [-0.1, -0.05) is 6.07 Å². The van der Waals surface area contributed by atoms with Gasteiger partial charge in [-0.3, -0.25) is 0 Å². The summed E-state index contributed by atoms with van der Waals surface area (Å²) in [4.78, 5) is 10.5. The van der Waals surface area contributed by atoms with Crippen LogP contribution in [-0.4, -0.2) is 21.0 Å². The van der Waals surface area contributed by atoms with Crippen molar-refractivity contribution >= 4 is 22.0 Å². The van der Waals surface area contributed by atoms with Gasteiger partial charge in [-0.05, 0) is 52.2 Å². The van der Waals surface area contributed by atoms with E-state index < -0.39 is 6.09 Å². The number of carboxylic acid groups (broad SMARTS) is 1. The van der Waals surface area contributed by atoms with Crippen molar-refractivity contribution in [2.24, 2.45) is 0 Å². The summed E-state index contributed by atoms with van der Waals surface area (Å²) >= 11 is 3.29. The molecule has 2 N–H and O–H groups in total. The number of aromatic nitrogens is 2. The highest BCUT2D eigenvalue weighted by atomic mass is 79.9. The highest BCUT2D eigenvalue weighted by Gasteiger charge is 2.05. The van der Waals surface area contributed by atoms with E-state index in [0.717, 1.165) is 21.4 Å². The topological polar surface area (TPSA) is 67.2 Å². The molecule has 0 saturated carbocycles. The van der Waals surface area contributed by atoms with Gasteiger partial charge in [-0.15, -0.1) is 0 Å². The fourth-order valence-electron chi connectivity index (χ4n) is 1.61.